The predicted molar refractivity (Wildman–Crippen MR) is 84.4 cm³/mol. The van der Waals surface area contributed by atoms with E-state index in [0.29, 0.717) is 11.9 Å². The maximum Gasteiger partial charge on any atom is 0.147 e. The number of hydrogen-bond acceptors (Lipinski definition) is 3. The summed E-state index contributed by atoms with van der Waals surface area (Å²) < 4.78 is 13.7. The van der Waals surface area contributed by atoms with E-state index in [1.54, 1.807) is 0 Å². The van der Waals surface area contributed by atoms with Crippen molar-refractivity contribution in [1.29, 1.82) is 0 Å². The largest absolute Gasteiger partial charge is 0.489 e. The number of halogens is 1. The van der Waals surface area contributed by atoms with Gasteiger partial charge < -0.3 is 14.0 Å². The summed E-state index contributed by atoms with van der Waals surface area (Å²) in [5, 5.41) is 0. The van der Waals surface area contributed by atoms with Crippen LogP contribution in [0.4, 0.5) is 0 Å². The van der Waals surface area contributed by atoms with Crippen LogP contribution in [0.1, 0.15) is 32.1 Å². The molecule has 3 rings (SSSR count). The summed E-state index contributed by atoms with van der Waals surface area (Å²) >= 11 is 5.95. The number of alkyl halides is 1. The zero-order valence-corrected chi connectivity index (χ0v) is 13.3. The van der Waals surface area contributed by atoms with Crippen LogP contribution in [0.2, 0.25) is 0 Å². The quantitative estimate of drug-likeness (QED) is 0.792. The van der Waals surface area contributed by atoms with Crippen molar-refractivity contribution in [2.45, 2.75) is 38.8 Å². The molecule has 0 amide bonds. The number of fused-ring (bicyclic) bond motifs is 1. The Morgan fingerprint density at radius 1 is 1.48 bits per heavy atom. The average molecular weight is 309 g/mol. The van der Waals surface area contributed by atoms with Gasteiger partial charge in [0.1, 0.15) is 17.1 Å². The van der Waals surface area contributed by atoms with E-state index in [2.05, 4.69) is 10.6 Å². The van der Waals surface area contributed by atoms with Gasteiger partial charge >= 0.3 is 0 Å². The predicted octanol–water partition coefficient (Wildman–Crippen LogP) is 3.57. The van der Waals surface area contributed by atoms with Crippen LogP contribution >= 0.6 is 11.6 Å². The van der Waals surface area contributed by atoms with Gasteiger partial charge in [-0.1, -0.05) is 6.07 Å². The number of aromatic nitrogens is 2. The van der Waals surface area contributed by atoms with Gasteiger partial charge in [-0.25, -0.2) is 4.98 Å². The summed E-state index contributed by atoms with van der Waals surface area (Å²) in [6, 6.07) is 6.46. The summed E-state index contributed by atoms with van der Waals surface area (Å²) in [6.45, 7) is 5.61. The van der Waals surface area contributed by atoms with Crippen LogP contribution in [0.3, 0.4) is 0 Å². The Labute approximate surface area is 130 Å². The minimum absolute atomic E-state index is 0.132. The Morgan fingerprint density at radius 2 is 2.33 bits per heavy atom. The second-order valence-electron chi connectivity index (χ2n) is 5.64. The third-order valence-corrected chi connectivity index (χ3v) is 3.90. The highest BCUT2D eigenvalue weighted by Gasteiger charge is 2.24. The molecule has 1 aromatic heterocycles. The lowest BCUT2D eigenvalue weighted by Gasteiger charge is -2.15. The molecule has 0 spiro atoms. The van der Waals surface area contributed by atoms with Crippen LogP contribution in [0.5, 0.6) is 5.75 Å². The fourth-order valence-corrected chi connectivity index (χ4v) is 3.05. The van der Waals surface area contributed by atoms with Gasteiger partial charge in [-0.05, 0) is 32.4 Å². The Hall–Kier alpha value is -1.26. The van der Waals surface area contributed by atoms with Gasteiger partial charge in [-0.2, -0.15) is 0 Å². The molecule has 21 heavy (non-hydrogen) atoms. The van der Waals surface area contributed by atoms with Gasteiger partial charge in [-0.15, -0.1) is 11.6 Å². The summed E-state index contributed by atoms with van der Waals surface area (Å²) in [6.07, 6.45) is 1.91. The van der Waals surface area contributed by atoms with Crippen molar-refractivity contribution >= 4 is 22.6 Å². The zero-order chi connectivity index (χ0) is 14.8. The highest BCUT2D eigenvalue weighted by Crippen LogP contribution is 2.32. The zero-order valence-electron chi connectivity index (χ0n) is 12.5. The Balaban J connectivity index is 2.12. The number of rotatable bonds is 5. The summed E-state index contributed by atoms with van der Waals surface area (Å²) in [4.78, 5) is 4.80. The lowest BCUT2D eigenvalue weighted by Crippen LogP contribution is -2.12. The molecule has 1 atom stereocenters. The van der Waals surface area contributed by atoms with Gasteiger partial charge in [-0.3, -0.25) is 0 Å². The van der Waals surface area contributed by atoms with Crippen LogP contribution in [-0.2, 0) is 11.2 Å². The normalized spacial score (nSPS) is 18.8. The van der Waals surface area contributed by atoms with Crippen LogP contribution < -0.4 is 4.74 Å². The van der Waals surface area contributed by atoms with E-state index in [1.165, 1.54) is 0 Å². The van der Waals surface area contributed by atoms with Crippen LogP contribution in [0.15, 0.2) is 18.2 Å². The first-order valence-corrected chi connectivity index (χ1v) is 8.04. The number of hydrogen-bond donors (Lipinski definition) is 0. The smallest absolute Gasteiger partial charge is 0.147 e. The van der Waals surface area contributed by atoms with Gasteiger partial charge in [0, 0.05) is 18.9 Å². The number of aryl methyl sites for hydroxylation is 1. The number of nitrogens with zero attached hydrogens (tertiary/aromatic N) is 2. The van der Waals surface area contributed by atoms with Crippen molar-refractivity contribution in [2.75, 3.05) is 19.1 Å². The molecular weight excluding hydrogens is 288 g/mol. The molecule has 4 nitrogen and oxygen atoms in total. The van der Waals surface area contributed by atoms with E-state index in [4.69, 9.17) is 26.1 Å². The van der Waals surface area contributed by atoms with Gasteiger partial charge in [0.05, 0.1) is 24.3 Å². The molecule has 0 saturated carbocycles. The first kappa shape index (κ1) is 14.7. The minimum Gasteiger partial charge on any atom is -0.489 e. The van der Waals surface area contributed by atoms with Crippen molar-refractivity contribution in [3.05, 3.63) is 24.0 Å². The molecule has 0 N–H and O–H groups in total. The first-order chi connectivity index (χ1) is 10.2. The van der Waals surface area contributed by atoms with Crippen molar-refractivity contribution < 1.29 is 9.47 Å². The Bertz CT molecular complexity index is 618. The van der Waals surface area contributed by atoms with Gasteiger partial charge in [0.25, 0.3) is 0 Å². The number of ether oxygens (including phenoxy) is 2. The highest BCUT2D eigenvalue weighted by molar-refractivity contribution is 6.17. The topological polar surface area (TPSA) is 36.3 Å². The van der Waals surface area contributed by atoms with Crippen LogP contribution in [0.25, 0.3) is 11.0 Å². The molecular formula is C16H21ClN2O2. The molecule has 1 aliphatic rings. The van der Waals surface area contributed by atoms with Crippen molar-refractivity contribution in [3.8, 4) is 5.75 Å². The summed E-state index contributed by atoms with van der Waals surface area (Å²) in [5.74, 6) is 2.43. The lowest BCUT2D eigenvalue weighted by atomic mass is 10.2. The van der Waals surface area contributed by atoms with E-state index in [9.17, 15) is 0 Å². The fourth-order valence-electron chi connectivity index (χ4n) is 2.88. The first-order valence-electron chi connectivity index (χ1n) is 7.51. The van der Waals surface area contributed by atoms with Crippen molar-refractivity contribution in [2.24, 2.45) is 0 Å². The summed E-state index contributed by atoms with van der Waals surface area (Å²) in [7, 11) is 0. The third-order valence-electron chi connectivity index (χ3n) is 3.71. The van der Waals surface area contributed by atoms with Crippen molar-refractivity contribution in [3.63, 3.8) is 0 Å². The molecule has 114 valence electrons. The molecule has 2 aromatic rings. The average Bonchev–Trinajstić information content (AvgIpc) is 3.05. The highest BCUT2D eigenvalue weighted by atomic mass is 35.5. The standard InChI is InChI=1S/C16H21ClN2O2/c1-11(2)21-14-5-3-4-13-16(14)18-15(6-8-17)19(13)12-7-9-20-10-12/h3-5,11-12H,6-10H2,1-2H3. The molecule has 2 heterocycles. The summed E-state index contributed by atoms with van der Waals surface area (Å²) in [5.41, 5.74) is 2.04. The maximum atomic E-state index is 5.95. The molecule has 1 aliphatic heterocycles. The molecule has 1 aromatic carbocycles. The van der Waals surface area contributed by atoms with Gasteiger partial charge in [0.15, 0.2) is 0 Å². The maximum absolute atomic E-state index is 5.95. The number of imidazole rings is 1. The SMILES string of the molecule is CC(C)Oc1cccc2c1nc(CCCl)n2C1CCOC1. The second kappa shape index (κ2) is 6.24. The van der Waals surface area contributed by atoms with Gasteiger partial charge in [0.2, 0.25) is 0 Å². The lowest BCUT2D eigenvalue weighted by molar-refractivity contribution is 0.186. The fraction of sp³-hybridized carbons (Fsp3) is 0.562. The Kier molecular flexibility index (Phi) is 4.36. The molecule has 1 fully saturated rings. The second-order valence-corrected chi connectivity index (χ2v) is 6.02. The third kappa shape index (κ3) is 2.87. The van der Waals surface area contributed by atoms with E-state index >= 15 is 0 Å². The number of para-hydroxylation sites is 1. The van der Waals surface area contributed by atoms with Crippen LogP contribution in [-0.4, -0.2) is 34.7 Å². The number of benzene rings is 1. The van der Waals surface area contributed by atoms with E-state index in [0.717, 1.165) is 48.7 Å². The molecule has 5 heteroatoms. The van der Waals surface area contributed by atoms with E-state index < -0.39 is 0 Å². The molecule has 1 saturated heterocycles. The minimum atomic E-state index is 0.132. The van der Waals surface area contributed by atoms with E-state index in [-0.39, 0.29) is 6.10 Å². The van der Waals surface area contributed by atoms with E-state index in [1.807, 2.05) is 26.0 Å². The van der Waals surface area contributed by atoms with Crippen LogP contribution in [0, 0.1) is 0 Å². The molecule has 1 unspecified atom stereocenters. The molecule has 0 bridgehead atoms. The Morgan fingerprint density at radius 3 is 3.00 bits per heavy atom. The molecule has 0 aliphatic carbocycles. The monoisotopic (exact) mass is 308 g/mol. The molecule has 0 radical (unpaired) electrons. The van der Waals surface area contributed by atoms with Crippen molar-refractivity contribution in [1.82, 2.24) is 9.55 Å².